The summed E-state index contributed by atoms with van der Waals surface area (Å²) >= 11 is 6.26. The van der Waals surface area contributed by atoms with Crippen LogP contribution in [0.5, 0.6) is 0 Å². The zero-order chi connectivity index (χ0) is 17.9. The number of fused-ring (bicyclic) bond motifs is 1. The van der Waals surface area contributed by atoms with Gasteiger partial charge in [-0.25, -0.2) is 0 Å². The molecule has 0 unspecified atom stereocenters. The summed E-state index contributed by atoms with van der Waals surface area (Å²) in [4.78, 5) is 2.18. The van der Waals surface area contributed by atoms with Crippen LogP contribution in [-0.2, 0) is 12.0 Å². The van der Waals surface area contributed by atoms with E-state index >= 15 is 0 Å². The first-order valence-corrected chi connectivity index (χ1v) is 9.59. The topological polar surface area (TPSA) is 23.5 Å². The van der Waals surface area contributed by atoms with Gasteiger partial charge in [0, 0.05) is 10.9 Å². The van der Waals surface area contributed by atoms with E-state index in [1.807, 2.05) is 18.2 Å². The molecule has 0 fully saturated rings. The summed E-state index contributed by atoms with van der Waals surface area (Å²) in [5, 5.41) is 12.7. The van der Waals surface area contributed by atoms with Crippen LogP contribution in [0.2, 0.25) is 5.02 Å². The molecule has 0 heterocycles. The number of halogens is 1. The number of benzene rings is 2. The largest absolute Gasteiger partial charge is 0.385 e. The van der Waals surface area contributed by atoms with E-state index < -0.39 is 5.60 Å². The second kappa shape index (κ2) is 7.90. The highest BCUT2D eigenvalue weighted by molar-refractivity contribution is 6.30. The zero-order valence-electron chi connectivity index (χ0n) is 15.2. The van der Waals surface area contributed by atoms with Gasteiger partial charge < -0.3 is 10.0 Å². The van der Waals surface area contributed by atoms with E-state index in [4.69, 9.17) is 11.6 Å². The molecule has 1 aliphatic carbocycles. The summed E-state index contributed by atoms with van der Waals surface area (Å²) in [5.74, 6) is 0.0806. The van der Waals surface area contributed by atoms with E-state index in [2.05, 4.69) is 49.3 Å². The molecule has 0 amide bonds. The van der Waals surface area contributed by atoms with Gasteiger partial charge in [0.25, 0.3) is 0 Å². The van der Waals surface area contributed by atoms with Gasteiger partial charge in [0.2, 0.25) is 0 Å². The summed E-state index contributed by atoms with van der Waals surface area (Å²) < 4.78 is 0. The monoisotopic (exact) mass is 357 g/mol. The lowest BCUT2D eigenvalue weighted by atomic mass is 9.73. The van der Waals surface area contributed by atoms with Crippen molar-refractivity contribution in [3.8, 4) is 0 Å². The van der Waals surface area contributed by atoms with Crippen molar-refractivity contribution in [3.05, 3.63) is 70.2 Å². The van der Waals surface area contributed by atoms with Crippen LogP contribution in [0, 0.1) is 0 Å². The molecule has 3 heteroatoms. The zero-order valence-corrected chi connectivity index (χ0v) is 16.0. The molecule has 0 spiro atoms. The maximum Gasteiger partial charge on any atom is 0.0967 e. The molecule has 0 radical (unpaired) electrons. The molecule has 134 valence electrons. The Morgan fingerprint density at radius 3 is 2.72 bits per heavy atom. The van der Waals surface area contributed by atoms with E-state index in [1.165, 1.54) is 5.56 Å². The molecule has 3 rings (SSSR count). The van der Waals surface area contributed by atoms with Crippen LogP contribution in [0.15, 0.2) is 48.5 Å². The Balaban J connectivity index is 2.02. The number of rotatable bonds is 5. The molecule has 1 aliphatic rings. The average molecular weight is 358 g/mol. The lowest BCUT2D eigenvalue weighted by Gasteiger charge is -2.37. The first-order valence-electron chi connectivity index (χ1n) is 9.21. The van der Waals surface area contributed by atoms with Gasteiger partial charge in [0.1, 0.15) is 0 Å². The summed E-state index contributed by atoms with van der Waals surface area (Å²) in [6.07, 6.45) is 4.83. The van der Waals surface area contributed by atoms with Crippen molar-refractivity contribution in [3.63, 3.8) is 0 Å². The molecule has 0 aliphatic heterocycles. The number of aliphatic hydroxyl groups is 1. The molecule has 2 aromatic carbocycles. The molecule has 0 saturated carbocycles. The van der Waals surface area contributed by atoms with Crippen molar-refractivity contribution in [1.82, 2.24) is 4.90 Å². The molecule has 1 N–H and O–H groups in total. The summed E-state index contributed by atoms with van der Waals surface area (Å²) in [5.41, 5.74) is 2.71. The van der Waals surface area contributed by atoms with Crippen molar-refractivity contribution in [1.29, 1.82) is 0 Å². The minimum atomic E-state index is -0.839. The molecule has 0 aromatic heterocycles. The third-order valence-electron chi connectivity index (χ3n) is 5.41. The van der Waals surface area contributed by atoms with E-state index in [0.29, 0.717) is 0 Å². The fourth-order valence-corrected chi connectivity index (χ4v) is 4.42. The van der Waals surface area contributed by atoms with Crippen molar-refractivity contribution in [2.75, 3.05) is 20.6 Å². The molecule has 2 nitrogen and oxygen atoms in total. The molecule has 2 aromatic rings. The minimum absolute atomic E-state index is 0.0806. The van der Waals surface area contributed by atoms with Crippen molar-refractivity contribution >= 4 is 11.6 Å². The van der Waals surface area contributed by atoms with Gasteiger partial charge in [0.15, 0.2) is 0 Å². The molecule has 2 atom stereocenters. The fraction of sp³-hybridized carbons (Fsp3) is 0.455. The Labute approximate surface area is 156 Å². The number of aryl methyl sites for hydroxylation is 1. The summed E-state index contributed by atoms with van der Waals surface area (Å²) in [6.45, 7) is 0.979. The van der Waals surface area contributed by atoms with Crippen LogP contribution in [0.1, 0.15) is 48.3 Å². The van der Waals surface area contributed by atoms with Gasteiger partial charge in [-0.2, -0.15) is 0 Å². The Hall–Kier alpha value is -1.35. The normalized spacial score (nSPS) is 23.3. The maximum absolute atomic E-state index is 12.0. The molecule has 0 saturated heterocycles. The number of hydrogen-bond acceptors (Lipinski definition) is 2. The smallest absolute Gasteiger partial charge is 0.0967 e. The maximum atomic E-state index is 12.0. The quantitative estimate of drug-likeness (QED) is 0.762. The van der Waals surface area contributed by atoms with Crippen LogP contribution >= 0.6 is 11.6 Å². The highest BCUT2D eigenvalue weighted by Crippen LogP contribution is 2.47. The molecule has 25 heavy (non-hydrogen) atoms. The SMILES string of the molecule is CN(C)CCC[C@@]1(O)c2ccccc2CCC[C@@H]1c1cccc(Cl)c1. The van der Waals surface area contributed by atoms with Gasteiger partial charge in [-0.15, -0.1) is 0 Å². The van der Waals surface area contributed by atoms with Crippen molar-refractivity contribution in [2.24, 2.45) is 0 Å². The van der Waals surface area contributed by atoms with Crippen LogP contribution < -0.4 is 0 Å². The molecular weight excluding hydrogens is 330 g/mol. The lowest BCUT2D eigenvalue weighted by molar-refractivity contribution is -0.00604. The third-order valence-corrected chi connectivity index (χ3v) is 5.65. The number of nitrogens with zero attached hydrogens (tertiary/aromatic N) is 1. The predicted octanol–water partition coefficient (Wildman–Crippen LogP) is 4.99. The Bertz CT molecular complexity index is 715. The number of hydrogen-bond donors (Lipinski definition) is 1. The summed E-state index contributed by atoms with van der Waals surface area (Å²) in [6, 6.07) is 16.5. The van der Waals surface area contributed by atoms with Crippen molar-refractivity contribution in [2.45, 2.75) is 43.6 Å². The van der Waals surface area contributed by atoms with Gasteiger partial charge in [-0.05, 0) is 81.6 Å². The van der Waals surface area contributed by atoms with Gasteiger partial charge >= 0.3 is 0 Å². The summed E-state index contributed by atoms with van der Waals surface area (Å²) in [7, 11) is 4.17. The Morgan fingerprint density at radius 2 is 1.96 bits per heavy atom. The third kappa shape index (κ3) is 4.08. The van der Waals surface area contributed by atoms with E-state index in [1.54, 1.807) is 0 Å². The van der Waals surface area contributed by atoms with Crippen LogP contribution in [0.4, 0.5) is 0 Å². The standard InChI is InChI=1S/C22H28ClNO/c1-24(2)15-7-14-22(25)20-12-4-3-8-17(20)9-6-13-21(22)18-10-5-11-19(23)16-18/h3-5,8,10-12,16,21,25H,6-7,9,13-15H2,1-2H3/t21-,22-/m1/s1. The van der Waals surface area contributed by atoms with E-state index in [-0.39, 0.29) is 5.92 Å². The van der Waals surface area contributed by atoms with Gasteiger partial charge in [-0.1, -0.05) is 48.0 Å². The first kappa shape index (κ1) is 18.4. The predicted molar refractivity (Wildman–Crippen MR) is 105 cm³/mol. The van der Waals surface area contributed by atoms with Crippen LogP contribution in [-0.4, -0.2) is 30.6 Å². The fourth-order valence-electron chi connectivity index (χ4n) is 4.22. The van der Waals surface area contributed by atoms with Gasteiger partial charge in [0.05, 0.1) is 5.60 Å². The Morgan fingerprint density at radius 1 is 1.16 bits per heavy atom. The van der Waals surface area contributed by atoms with E-state index in [9.17, 15) is 5.11 Å². The highest BCUT2D eigenvalue weighted by atomic mass is 35.5. The first-order chi connectivity index (χ1) is 12.0. The van der Waals surface area contributed by atoms with Gasteiger partial charge in [-0.3, -0.25) is 0 Å². The highest BCUT2D eigenvalue weighted by Gasteiger charge is 2.41. The Kier molecular flexibility index (Phi) is 5.83. The molecule has 0 bridgehead atoms. The van der Waals surface area contributed by atoms with E-state index in [0.717, 1.165) is 54.8 Å². The molecular formula is C22H28ClNO. The second-order valence-electron chi connectivity index (χ2n) is 7.49. The average Bonchev–Trinajstić information content (AvgIpc) is 2.72. The lowest BCUT2D eigenvalue weighted by Crippen LogP contribution is -2.34. The van der Waals surface area contributed by atoms with Crippen LogP contribution in [0.3, 0.4) is 0 Å². The second-order valence-corrected chi connectivity index (χ2v) is 7.92. The van der Waals surface area contributed by atoms with Crippen molar-refractivity contribution < 1.29 is 5.11 Å². The van der Waals surface area contributed by atoms with Crippen LogP contribution in [0.25, 0.3) is 0 Å². The minimum Gasteiger partial charge on any atom is -0.385 e.